The highest BCUT2D eigenvalue weighted by Gasteiger charge is 2.14. The van der Waals surface area contributed by atoms with Crippen molar-refractivity contribution in [1.29, 1.82) is 0 Å². The second-order valence-electron chi connectivity index (χ2n) is 6.20. The molecular weight excluding hydrogens is 322 g/mol. The second-order valence-corrected chi connectivity index (χ2v) is 6.20. The Hall–Kier alpha value is -3.53. The number of hydrogen-bond donors (Lipinski definition) is 0. The van der Waals surface area contributed by atoms with E-state index < -0.39 is 0 Å². The number of para-hydroxylation sites is 1. The van der Waals surface area contributed by atoms with Gasteiger partial charge in [-0.3, -0.25) is 4.98 Å². The summed E-state index contributed by atoms with van der Waals surface area (Å²) in [5.74, 6) is 0.728. The molecule has 0 bridgehead atoms. The molecule has 26 heavy (non-hydrogen) atoms. The first-order valence-electron chi connectivity index (χ1n) is 8.46. The Morgan fingerprint density at radius 3 is 2.54 bits per heavy atom. The fourth-order valence-corrected chi connectivity index (χ4v) is 3.36. The number of furan rings is 1. The van der Waals surface area contributed by atoms with Crippen LogP contribution in [-0.4, -0.2) is 15.0 Å². The van der Waals surface area contributed by atoms with Gasteiger partial charge in [-0.05, 0) is 37.3 Å². The van der Waals surface area contributed by atoms with Crippen LogP contribution in [0.25, 0.3) is 44.5 Å². The summed E-state index contributed by atoms with van der Waals surface area (Å²) < 4.78 is 6.01. The number of aryl methyl sites for hydroxylation is 1. The normalized spacial score (nSPS) is 11.3. The third-order valence-electron chi connectivity index (χ3n) is 4.47. The summed E-state index contributed by atoms with van der Waals surface area (Å²) in [6, 6.07) is 20.1. The molecule has 0 spiro atoms. The predicted molar refractivity (Wildman–Crippen MR) is 103 cm³/mol. The van der Waals surface area contributed by atoms with Crippen LogP contribution in [0.1, 0.15) is 5.82 Å². The van der Waals surface area contributed by atoms with Crippen molar-refractivity contribution in [3.63, 3.8) is 0 Å². The molecule has 0 aliphatic heterocycles. The third-order valence-corrected chi connectivity index (χ3v) is 4.47. The maximum Gasteiger partial charge on any atom is 0.136 e. The lowest BCUT2D eigenvalue weighted by atomic mass is 10.0. The molecule has 0 atom stereocenters. The van der Waals surface area contributed by atoms with Gasteiger partial charge in [-0.25, -0.2) is 9.97 Å². The number of pyridine rings is 1. The van der Waals surface area contributed by atoms with E-state index in [1.54, 1.807) is 6.20 Å². The summed E-state index contributed by atoms with van der Waals surface area (Å²) in [5.41, 5.74) is 5.52. The molecular formula is C22H15N3O. The van der Waals surface area contributed by atoms with Gasteiger partial charge in [0.1, 0.15) is 17.0 Å². The number of hydrogen-bond acceptors (Lipinski definition) is 4. The minimum absolute atomic E-state index is 0.728. The fourth-order valence-electron chi connectivity index (χ4n) is 3.36. The Labute approximate surface area is 150 Å². The molecule has 0 aliphatic rings. The van der Waals surface area contributed by atoms with Gasteiger partial charge < -0.3 is 4.42 Å². The zero-order chi connectivity index (χ0) is 17.5. The molecule has 0 saturated heterocycles. The van der Waals surface area contributed by atoms with Crippen molar-refractivity contribution >= 4 is 21.9 Å². The number of fused-ring (bicyclic) bond motifs is 3. The van der Waals surface area contributed by atoms with Crippen LogP contribution in [0.2, 0.25) is 0 Å². The van der Waals surface area contributed by atoms with Crippen LogP contribution in [0, 0.1) is 6.92 Å². The molecule has 0 unspecified atom stereocenters. The summed E-state index contributed by atoms with van der Waals surface area (Å²) in [4.78, 5) is 13.5. The molecule has 0 aliphatic carbocycles. The number of rotatable bonds is 2. The van der Waals surface area contributed by atoms with Crippen LogP contribution < -0.4 is 0 Å². The molecule has 0 amide bonds. The predicted octanol–water partition coefficient (Wildman–Crippen LogP) is 5.41. The summed E-state index contributed by atoms with van der Waals surface area (Å²) in [7, 11) is 0. The molecule has 2 aromatic carbocycles. The first-order valence-corrected chi connectivity index (χ1v) is 8.46. The molecule has 3 heterocycles. The van der Waals surface area contributed by atoms with Gasteiger partial charge >= 0.3 is 0 Å². The summed E-state index contributed by atoms with van der Waals surface area (Å²) >= 11 is 0. The zero-order valence-electron chi connectivity index (χ0n) is 14.2. The van der Waals surface area contributed by atoms with Gasteiger partial charge in [0, 0.05) is 34.3 Å². The molecule has 4 nitrogen and oxygen atoms in total. The number of aromatic nitrogens is 3. The highest BCUT2D eigenvalue weighted by molar-refractivity contribution is 6.12. The number of nitrogens with zero attached hydrogens (tertiary/aromatic N) is 3. The largest absolute Gasteiger partial charge is 0.456 e. The highest BCUT2D eigenvalue weighted by Crippen LogP contribution is 2.36. The van der Waals surface area contributed by atoms with E-state index in [1.165, 1.54) is 0 Å². The fraction of sp³-hybridized carbons (Fsp3) is 0.0455. The lowest BCUT2D eigenvalue weighted by Gasteiger charge is -2.07. The molecule has 0 N–H and O–H groups in total. The zero-order valence-corrected chi connectivity index (χ0v) is 14.2. The Morgan fingerprint density at radius 1 is 0.808 bits per heavy atom. The van der Waals surface area contributed by atoms with Crippen molar-refractivity contribution in [2.45, 2.75) is 6.92 Å². The first-order chi connectivity index (χ1) is 12.8. The lowest BCUT2D eigenvalue weighted by Crippen LogP contribution is -1.95. The van der Waals surface area contributed by atoms with Crippen LogP contribution in [-0.2, 0) is 0 Å². The van der Waals surface area contributed by atoms with E-state index in [0.717, 1.165) is 50.3 Å². The van der Waals surface area contributed by atoms with Crippen LogP contribution in [0.4, 0.5) is 0 Å². The van der Waals surface area contributed by atoms with Crippen LogP contribution in [0.3, 0.4) is 0 Å². The second kappa shape index (κ2) is 5.77. The minimum atomic E-state index is 0.728. The number of benzene rings is 2. The van der Waals surface area contributed by atoms with Crippen LogP contribution >= 0.6 is 0 Å². The van der Waals surface area contributed by atoms with Crippen molar-refractivity contribution in [3.8, 4) is 22.5 Å². The quantitative estimate of drug-likeness (QED) is 0.432. The van der Waals surface area contributed by atoms with Crippen LogP contribution in [0.5, 0.6) is 0 Å². The first kappa shape index (κ1) is 14.8. The molecule has 124 valence electrons. The Bertz CT molecular complexity index is 1240. The Morgan fingerprint density at radius 2 is 1.65 bits per heavy atom. The summed E-state index contributed by atoms with van der Waals surface area (Å²) in [6.45, 7) is 1.91. The van der Waals surface area contributed by atoms with Gasteiger partial charge in [-0.15, -0.1) is 0 Å². The molecule has 3 aromatic heterocycles. The highest BCUT2D eigenvalue weighted by atomic mass is 16.3. The third kappa shape index (κ3) is 2.35. The van der Waals surface area contributed by atoms with Crippen molar-refractivity contribution in [1.82, 2.24) is 15.0 Å². The Balaban J connectivity index is 1.80. The van der Waals surface area contributed by atoms with E-state index >= 15 is 0 Å². The van der Waals surface area contributed by atoms with E-state index in [-0.39, 0.29) is 0 Å². The smallest absolute Gasteiger partial charge is 0.136 e. The standard InChI is InChI=1S/C22H15N3O/c1-14-24-18(15-6-5-11-23-13-15)12-19(25-14)16-8-4-10-21-22(16)17-7-2-3-9-20(17)26-21/h2-13H,1H3. The van der Waals surface area contributed by atoms with Gasteiger partial charge in [0.05, 0.1) is 11.4 Å². The SMILES string of the molecule is Cc1nc(-c2cccnc2)cc(-c2cccc3oc4ccccc4c23)n1. The topological polar surface area (TPSA) is 51.8 Å². The van der Waals surface area contributed by atoms with E-state index in [0.29, 0.717) is 0 Å². The van der Waals surface area contributed by atoms with Crippen LogP contribution in [0.15, 0.2) is 77.5 Å². The molecule has 0 saturated carbocycles. The summed E-state index contributed by atoms with van der Waals surface area (Å²) in [5, 5.41) is 2.18. The molecule has 4 heteroatoms. The summed E-state index contributed by atoms with van der Waals surface area (Å²) in [6.07, 6.45) is 3.58. The molecule has 5 aromatic rings. The maximum absolute atomic E-state index is 6.01. The van der Waals surface area contributed by atoms with Crippen molar-refractivity contribution in [3.05, 3.63) is 78.9 Å². The van der Waals surface area contributed by atoms with Crippen molar-refractivity contribution in [2.24, 2.45) is 0 Å². The van der Waals surface area contributed by atoms with Gasteiger partial charge in [0.15, 0.2) is 0 Å². The Kier molecular flexibility index (Phi) is 3.28. The van der Waals surface area contributed by atoms with Gasteiger partial charge in [0.25, 0.3) is 0 Å². The monoisotopic (exact) mass is 337 g/mol. The average molecular weight is 337 g/mol. The van der Waals surface area contributed by atoms with Gasteiger partial charge in [0.2, 0.25) is 0 Å². The van der Waals surface area contributed by atoms with Crippen molar-refractivity contribution in [2.75, 3.05) is 0 Å². The van der Waals surface area contributed by atoms with E-state index in [9.17, 15) is 0 Å². The molecule has 5 rings (SSSR count). The van der Waals surface area contributed by atoms with E-state index in [2.05, 4.69) is 22.1 Å². The average Bonchev–Trinajstić information content (AvgIpc) is 3.07. The molecule has 0 radical (unpaired) electrons. The van der Waals surface area contributed by atoms with E-state index in [4.69, 9.17) is 9.40 Å². The molecule has 0 fully saturated rings. The van der Waals surface area contributed by atoms with Gasteiger partial charge in [-0.1, -0.05) is 30.3 Å². The minimum Gasteiger partial charge on any atom is -0.456 e. The van der Waals surface area contributed by atoms with Gasteiger partial charge in [-0.2, -0.15) is 0 Å². The van der Waals surface area contributed by atoms with E-state index in [1.807, 2.05) is 61.7 Å². The maximum atomic E-state index is 6.01. The van der Waals surface area contributed by atoms with Crippen molar-refractivity contribution < 1.29 is 4.42 Å². The lowest BCUT2D eigenvalue weighted by molar-refractivity contribution is 0.669.